The van der Waals surface area contributed by atoms with Crippen molar-refractivity contribution in [3.05, 3.63) is 41.8 Å². The molecule has 3 rings (SSSR count). The van der Waals surface area contributed by atoms with Gasteiger partial charge in [-0.3, -0.25) is 9.78 Å². The maximum absolute atomic E-state index is 13.7. The van der Waals surface area contributed by atoms with Crippen molar-refractivity contribution < 1.29 is 22.4 Å². The van der Waals surface area contributed by atoms with E-state index < -0.39 is 29.9 Å². The van der Waals surface area contributed by atoms with Crippen molar-refractivity contribution in [1.82, 2.24) is 10.3 Å². The summed E-state index contributed by atoms with van der Waals surface area (Å²) in [5.41, 5.74) is -1.15. The number of amides is 1. The summed E-state index contributed by atoms with van der Waals surface area (Å²) < 4.78 is 53.4. The van der Waals surface area contributed by atoms with Crippen molar-refractivity contribution in [2.75, 3.05) is 0 Å². The number of carbonyl (C=O) groups excluding carboxylic acids is 1. The molecule has 2 aromatic rings. The lowest BCUT2D eigenvalue weighted by molar-refractivity contribution is -0.149. The third kappa shape index (κ3) is 5.20. The fourth-order valence-corrected chi connectivity index (χ4v) is 4.23. The van der Waals surface area contributed by atoms with Gasteiger partial charge < -0.3 is 5.32 Å². The zero-order chi connectivity index (χ0) is 20.4. The van der Waals surface area contributed by atoms with E-state index in [2.05, 4.69) is 10.3 Å². The Morgan fingerprint density at radius 3 is 2.61 bits per heavy atom. The molecule has 1 aliphatic rings. The number of para-hydroxylation sites is 1. The summed E-state index contributed by atoms with van der Waals surface area (Å²) in [6.07, 6.45) is 0.933. The number of hydrogen-bond acceptors (Lipinski definition) is 2. The summed E-state index contributed by atoms with van der Waals surface area (Å²) in [5, 5.41) is 3.03. The third-order valence-electron chi connectivity index (χ3n) is 5.39. The van der Waals surface area contributed by atoms with Crippen LogP contribution in [-0.2, 0) is 0 Å². The van der Waals surface area contributed by atoms with E-state index in [0.717, 1.165) is 32.1 Å². The molecule has 0 aliphatic heterocycles. The number of rotatable bonds is 5. The maximum Gasteiger partial charge on any atom is 0.391 e. The molecule has 1 unspecified atom stereocenters. The van der Waals surface area contributed by atoms with Crippen LogP contribution in [0.1, 0.15) is 62.2 Å². The van der Waals surface area contributed by atoms with Crippen LogP contribution in [-0.4, -0.2) is 22.6 Å². The van der Waals surface area contributed by atoms with Gasteiger partial charge in [0, 0.05) is 17.1 Å². The number of nitrogens with zero attached hydrogens (tertiary/aromatic N) is 1. The zero-order valence-corrected chi connectivity index (χ0v) is 15.8. The monoisotopic (exact) mass is 396 g/mol. The van der Waals surface area contributed by atoms with Crippen molar-refractivity contribution in [3.8, 4) is 0 Å². The molecule has 1 heterocycles. The summed E-state index contributed by atoms with van der Waals surface area (Å²) >= 11 is 0. The van der Waals surface area contributed by atoms with E-state index in [-0.39, 0.29) is 23.4 Å². The van der Waals surface area contributed by atoms with Gasteiger partial charge in [-0.2, -0.15) is 13.2 Å². The Labute approximate surface area is 161 Å². The standard InChI is InChI=1S/C21H24F4N2O/c1-20(13-21(23,24)25,11-14-6-3-2-4-7-14)27-19(28)16-10-15-8-5-9-17(22)18(15)26-12-16/h5,8-10,12,14H,2-4,6-7,11,13H2,1H3,(H,27,28). The Balaban J connectivity index is 1.81. The Kier molecular flexibility index (Phi) is 5.91. The number of hydrogen-bond donors (Lipinski definition) is 1. The van der Waals surface area contributed by atoms with E-state index >= 15 is 0 Å². The Hall–Kier alpha value is -2.18. The molecule has 7 heteroatoms. The first-order chi connectivity index (χ1) is 13.2. The van der Waals surface area contributed by atoms with Crippen molar-refractivity contribution in [1.29, 1.82) is 0 Å². The highest BCUT2D eigenvalue weighted by Gasteiger charge is 2.41. The van der Waals surface area contributed by atoms with E-state index in [4.69, 9.17) is 0 Å². The van der Waals surface area contributed by atoms with E-state index in [1.165, 1.54) is 31.3 Å². The molecular weight excluding hydrogens is 372 g/mol. The first-order valence-corrected chi connectivity index (χ1v) is 9.59. The highest BCUT2D eigenvalue weighted by molar-refractivity contribution is 5.97. The molecular formula is C21H24F4N2O. The van der Waals surface area contributed by atoms with E-state index in [1.54, 1.807) is 6.07 Å². The van der Waals surface area contributed by atoms with Crippen LogP contribution in [0.15, 0.2) is 30.5 Å². The lowest BCUT2D eigenvalue weighted by atomic mass is 9.78. The molecule has 0 saturated heterocycles. The fraction of sp³-hybridized carbons (Fsp3) is 0.524. The first kappa shape index (κ1) is 20.6. The van der Waals surface area contributed by atoms with Crippen LogP contribution < -0.4 is 5.32 Å². The Morgan fingerprint density at radius 1 is 1.21 bits per heavy atom. The Morgan fingerprint density at radius 2 is 1.93 bits per heavy atom. The molecule has 3 nitrogen and oxygen atoms in total. The second kappa shape index (κ2) is 8.05. The molecule has 1 fully saturated rings. The fourth-order valence-electron chi connectivity index (χ4n) is 4.23. The minimum absolute atomic E-state index is 0.121. The molecule has 1 aromatic carbocycles. The maximum atomic E-state index is 13.7. The van der Waals surface area contributed by atoms with Gasteiger partial charge in [-0.1, -0.05) is 44.2 Å². The van der Waals surface area contributed by atoms with Gasteiger partial charge in [-0.25, -0.2) is 4.39 Å². The Bertz CT molecular complexity index is 846. The normalized spacial score (nSPS) is 18.0. The number of carbonyl (C=O) groups is 1. The lowest BCUT2D eigenvalue weighted by Gasteiger charge is -2.36. The van der Waals surface area contributed by atoms with Gasteiger partial charge in [0.2, 0.25) is 0 Å². The molecule has 0 bridgehead atoms. The van der Waals surface area contributed by atoms with Gasteiger partial charge in [-0.15, -0.1) is 0 Å². The third-order valence-corrected chi connectivity index (χ3v) is 5.39. The summed E-state index contributed by atoms with van der Waals surface area (Å²) in [5.74, 6) is -0.963. The predicted molar refractivity (Wildman–Crippen MR) is 99.4 cm³/mol. The summed E-state index contributed by atoms with van der Waals surface area (Å²) in [6.45, 7) is 1.46. The van der Waals surface area contributed by atoms with Crippen LogP contribution in [0.25, 0.3) is 10.9 Å². The highest BCUT2D eigenvalue weighted by Crippen LogP contribution is 2.36. The van der Waals surface area contributed by atoms with Gasteiger partial charge in [0.15, 0.2) is 0 Å². The number of fused-ring (bicyclic) bond motifs is 1. The average molecular weight is 396 g/mol. The predicted octanol–water partition coefficient (Wildman–Crippen LogP) is 5.79. The molecule has 0 radical (unpaired) electrons. The van der Waals surface area contributed by atoms with Crippen molar-refractivity contribution in [2.24, 2.45) is 5.92 Å². The van der Waals surface area contributed by atoms with Crippen LogP contribution in [0, 0.1) is 11.7 Å². The topological polar surface area (TPSA) is 42.0 Å². The molecule has 28 heavy (non-hydrogen) atoms. The summed E-state index contributed by atoms with van der Waals surface area (Å²) in [4.78, 5) is 16.7. The van der Waals surface area contributed by atoms with E-state index in [1.807, 2.05) is 0 Å². The molecule has 1 saturated carbocycles. The van der Waals surface area contributed by atoms with Crippen LogP contribution in [0.4, 0.5) is 17.6 Å². The first-order valence-electron chi connectivity index (χ1n) is 9.59. The van der Waals surface area contributed by atoms with E-state index in [9.17, 15) is 22.4 Å². The van der Waals surface area contributed by atoms with Crippen LogP contribution >= 0.6 is 0 Å². The van der Waals surface area contributed by atoms with E-state index in [0.29, 0.717) is 5.39 Å². The van der Waals surface area contributed by atoms with Crippen molar-refractivity contribution in [2.45, 2.75) is 63.6 Å². The highest BCUT2D eigenvalue weighted by atomic mass is 19.4. The molecule has 152 valence electrons. The van der Waals surface area contributed by atoms with Crippen LogP contribution in [0.2, 0.25) is 0 Å². The van der Waals surface area contributed by atoms with Gasteiger partial charge in [0.1, 0.15) is 11.3 Å². The summed E-state index contributed by atoms with van der Waals surface area (Å²) in [6, 6.07) is 5.83. The average Bonchev–Trinajstić information content (AvgIpc) is 2.60. The van der Waals surface area contributed by atoms with Crippen molar-refractivity contribution >= 4 is 16.8 Å². The second-order valence-electron chi connectivity index (χ2n) is 8.05. The largest absolute Gasteiger partial charge is 0.391 e. The van der Waals surface area contributed by atoms with Gasteiger partial charge in [0.05, 0.1) is 12.0 Å². The quantitative estimate of drug-likeness (QED) is 0.651. The van der Waals surface area contributed by atoms with Crippen molar-refractivity contribution in [3.63, 3.8) is 0 Å². The molecule has 1 N–H and O–H groups in total. The minimum Gasteiger partial charge on any atom is -0.346 e. The van der Waals surface area contributed by atoms with Gasteiger partial charge >= 0.3 is 6.18 Å². The van der Waals surface area contributed by atoms with Gasteiger partial charge in [0.25, 0.3) is 5.91 Å². The number of halogens is 4. The molecule has 1 amide bonds. The summed E-state index contributed by atoms with van der Waals surface area (Å²) in [7, 11) is 0. The molecule has 1 atom stereocenters. The molecule has 1 aliphatic carbocycles. The number of nitrogens with one attached hydrogen (secondary N) is 1. The minimum atomic E-state index is -4.39. The molecule has 0 spiro atoms. The number of pyridine rings is 1. The zero-order valence-electron chi connectivity index (χ0n) is 15.8. The van der Waals surface area contributed by atoms with Crippen LogP contribution in [0.3, 0.4) is 0 Å². The number of aromatic nitrogens is 1. The number of benzene rings is 1. The smallest absolute Gasteiger partial charge is 0.346 e. The van der Waals surface area contributed by atoms with Gasteiger partial charge in [-0.05, 0) is 31.4 Å². The SMILES string of the molecule is CC(CC1CCCCC1)(CC(F)(F)F)NC(=O)c1cnc2c(F)cccc2c1. The number of alkyl halides is 3. The second-order valence-corrected chi connectivity index (χ2v) is 8.05. The lowest BCUT2D eigenvalue weighted by Crippen LogP contribution is -2.50. The molecule has 1 aromatic heterocycles. The van der Waals surface area contributed by atoms with Crippen LogP contribution in [0.5, 0.6) is 0 Å².